The first kappa shape index (κ1) is 15.8. The number of nitrogens with zero attached hydrogens (tertiary/aromatic N) is 1. The molecule has 0 aromatic carbocycles. The summed E-state index contributed by atoms with van der Waals surface area (Å²) in [6, 6.07) is 1.81. The zero-order chi connectivity index (χ0) is 15.5. The fraction of sp³-hybridized carbons (Fsp3) is 0.600. The monoisotopic (exact) mass is 310 g/mol. The van der Waals surface area contributed by atoms with Crippen molar-refractivity contribution in [3.8, 4) is 0 Å². The summed E-state index contributed by atoms with van der Waals surface area (Å²) in [6.07, 6.45) is 0.623. The number of nitrogens with one attached hydrogen (secondary N) is 1. The van der Waals surface area contributed by atoms with Gasteiger partial charge in [0.15, 0.2) is 0 Å². The molecule has 2 rings (SSSR count). The Balaban J connectivity index is 1.75. The van der Waals surface area contributed by atoms with E-state index in [-0.39, 0.29) is 12.0 Å². The molecule has 21 heavy (non-hydrogen) atoms. The van der Waals surface area contributed by atoms with E-state index in [0.717, 1.165) is 6.42 Å². The van der Waals surface area contributed by atoms with Crippen molar-refractivity contribution in [3.05, 3.63) is 22.4 Å². The molecule has 1 atom stereocenters. The number of amides is 2. The van der Waals surface area contributed by atoms with Crippen LogP contribution in [0.1, 0.15) is 37.6 Å². The van der Waals surface area contributed by atoms with Crippen LogP contribution in [0.4, 0.5) is 4.79 Å². The Hall–Kier alpha value is -1.56. The van der Waals surface area contributed by atoms with E-state index in [0.29, 0.717) is 31.1 Å². The molecule has 2 amide bonds. The molecule has 1 aliphatic heterocycles. The maximum atomic E-state index is 11.9. The van der Waals surface area contributed by atoms with E-state index in [1.165, 1.54) is 11.3 Å². The van der Waals surface area contributed by atoms with E-state index < -0.39 is 5.60 Å². The molecule has 0 bridgehead atoms. The van der Waals surface area contributed by atoms with Gasteiger partial charge in [-0.25, -0.2) is 4.79 Å². The molecule has 1 aliphatic rings. The third-order valence-electron chi connectivity index (χ3n) is 3.27. The van der Waals surface area contributed by atoms with E-state index in [9.17, 15) is 9.59 Å². The highest BCUT2D eigenvalue weighted by molar-refractivity contribution is 7.08. The van der Waals surface area contributed by atoms with Crippen molar-refractivity contribution in [1.82, 2.24) is 10.2 Å². The van der Waals surface area contributed by atoms with Gasteiger partial charge in [0.05, 0.1) is 0 Å². The molecular weight excluding hydrogens is 288 g/mol. The third kappa shape index (κ3) is 4.74. The van der Waals surface area contributed by atoms with Gasteiger partial charge in [0, 0.05) is 30.6 Å². The van der Waals surface area contributed by atoms with Crippen molar-refractivity contribution in [1.29, 1.82) is 0 Å². The summed E-state index contributed by atoms with van der Waals surface area (Å²) in [5.41, 5.74) is 0.226. The van der Waals surface area contributed by atoms with Crippen LogP contribution in [0.5, 0.6) is 0 Å². The minimum atomic E-state index is -0.470. The van der Waals surface area contributed by atoms with Crippen LogP contribution in [-0.2, 0) is 4.74 Å². The van der Waals surface area contributed by atoms with Gasteiger partial charge in [-0.1, -0.05) is 0 Å². The van der Waals surface area contributed by atoms with Crippen LogP contribution in [0.2, 0.25) is 0 Å². The molecule has 1 aromatic rings. The smallest absolute Gasteiger partial charge is 0.410 e. The van der Waals surface area contributed by atoms with Crippen LogP contribution in [0.25, 0.3) is 0 Å². The molecule has 1 fully saturated rings. The van der Waals surface area contributed by atoms with Crippen molar-refractivity contribution in [2.24, 2.45) is 5.92 Å². The normalized spacial score (nSPS) is 18.6. The van der Waals surface area contributed by atoms with E-state index >= 15 is 0 Å². The number of thiophene rings is 1. The molecule has 0 unspecified atom stereocenters. The van der Waals surface area contributed by atoms with Gasteiger partial charge >= 0.3 is 6.09 Å². The summed E-state index contributed by atoms with van der Waals surface area (Å²) < 4.78 is 5.36. The number of rotatable bonds is 3. The minimum Gasteiger partial charge on any atom is -0.444 e. The lowest BCUT2D eigenvalue weighted by atomic mass is 10.1. The Morgan fingerprint density at radius 1 is 1.48 bits per heavy atom. The molecular formula is C15H22N2O3S. The maximum absolute atomic E-state index is 11.9. The Morgan fingerprint density at radius 3 is 2.86 bits per heavy atom. The summed E-state index contributed by atoms with van der Waals surface area (Å²) in [7, 11) is 0. The number of likely N-dealkylation sites (tertiary alicyclic amines) is 1. The SMILES string of the molecule is CC(C)(C)OC(=O)N1CC[C@H](CNC(=O)c2ccsc2)C1. The van der Waals surface area contributed by atoms with Crippen LogP contribution in [0, 0.1) is 5.92 Å². The highest BCUT2D eigenvalue weighted by atomic mass is 32.1. The van der Waals surface area contributed by atoms with Gasteiger partial charge < -0.3 is 15.0 Å². The molecule has 5 nitrogen and oxygen atoms in total. The van der Waals surface area contributed by atoms with Crippen molar-refractivity contribution in [2.75, 3.05) is 19.6 Å². The van der Waals surface area contributed by atoms with Crippen LogP contribution >= 0.6 is 11.3 Å². The lowest BCUT2D eigenvalue weighted by Gasteiger charge is -2.24. The summed E-state index contributed by atoms with van der Waals surface area (Å²) in [4.78, 5) is 25.5. The lowest BCUT2D eigenvalue weighted by Crippen LogP contribution is -2.36. The van der Waals surface area contributed by atoms with Crippen LogP contribution < -0.4 is 5.32 Å². The number of ether oxygens (including phenoxy) is 1. The van der Waals surface area contributed by atoms with Gasteiger partial charge in [-0.15, -0.1) is 0 Å². The van der Waals surface area contributed by atoms with E-state index in [1.807, 2.05) is 37.6 Å². The van der Waals surface area contributed by atoms with Crippen LogP contribution in [0.3, 0.4) is 0 Å². The second-order valence-electron chi connectivity index (χ2n) is 6.30. The number of hydrogen-bond acceptors (Lipinski definition) is 4. The molecule has 0 spiro atoms. The van der Waals surface area contributed by atoms with Gasteiger partial charge in [-0.3, -0.25) is 4.79 Å². The number of carbonyl (C=O) groups excluding carboxylic acids is 2. The molecule has 0 radical (unpaired) electrons. The molecule has 2 heterocycles. The fourth-order valence-electron chi connectivity index (χ4n) is 2.22. The highest BCUT2D eigenvalue weighted by Crippen LogP contribution is 2.19. The van der Waals surface area contributed by atoms with Crippen molar-refractivity contribution in [3.63, 3.8) is 0 Å². The molecule has 116 valence electrons. The largest absolute Gasteiger partial charge is 0.444 e. The summed E-state index contributed by atoms with van der Waals surface area (Å²) in [6.45, 7) is 7.50. The van der Waals surface area contributed by atoms with Crippen LogP contribution in [-0.4, -0.2) is 42.1 Å². The Kier molecular flexibility index (Phi) is 4.88. The first-order valence-electron chi connectivity index (χ1n) is 7.13. The summed E-state index contributed by atoms with van der Waals surface area (Å²) in [5.74, 6) is 0.243. The van der Waals surface area contributed by atoms with Gasteiger partial charge in [0.2, 0.25) is 0 Å². The van der Waals surface area contributed by atoms with Crippen molar-refractivity contribution < 1.29 is 14.3 Å². The van der Waals surface area contributed by atoms with Gasteiger partial charge in [-0.05, 0) is 44.6 Å². The number of hydrogen-bond donors (Lipinski definition) is 1. The molecule has 6 heteroatoms. The quantitative estimate of drug-likeness (QED) is 0.934. The van der Waals surface area contributed by atoms with Gasteiger partial charge in [-0.2, -0.15) is 11.3 Å². The number of carbonyl (C=O) groups is 2. The maximum Gasteiger partial charge on any atom is 0.410 e. The Labute approximate surface area is 129 Å². The Bertz CT molecular complexity index is 494. The highest BCUT2D eigenvalue weighted by Gasteiger charge is 2.29. The summed E-state index contributed by atoms with van der Waals surface area (Å²) >= 11 is 1.51. The second kappa shape index (κ2) is 6.47. The topological polar surface area (TPSA) is 58.6 Å². The first-order chi connectivity index (χ1) is 9.85. The van der Waals surface area contributed by atoms with Gasteiger partial charge in [0.1, 0.15) is 5.60 Å². The zero-order valence-electron chi connectivity index (χ0n) is 12.7. The van der Waals surface area contributed by atoms with Crippen molar-refractivity contribution in [2.45, 2.75) is 32.8 Å². The van der Waals surface area contributed by atoms with Crippen molar-refractivity contribution >= 4 is 23.3 Å². The third-order valence-corrected chi connectivity index (χ3v) is 3.96. The minimum absolute atomic E-state index is 0.0491. The van der Waals surface area contributed by atoms with Gasteiger partial charge in [0.25, 0.3) is 5.91 Å². The van der Waals surface area contributed by atoms with E-state index in [4.69, 9.17) is 4.74 Å². The predicted molar refractivity (Wildman–Crippen MR) is 82.6 cm³/mol. The second-order valence-corrected chi connectivity index (χ2v) is 7.08. The lowest BCUT2D eigenvalue weighted by molar-refractivity contribution is 0.0288. The van der Waals surface area contributed by atoms with E-state index in [1.54, 1.807) is 4.90 Å². The zero-order valence-corrected chi connectivity index (χ0v) is 13.5. The summed E-state index contributed by atoms with van der Waals surface area (Å²) in [5, 5.41) is 6.64. The average Bonchev–Trinajstić information content (AvgIpc) is 3.05. The standard InChI is InChI=1S/C15H22N2O3S/c1-15(2,3)20-14(19)17-6-4-11(9-17)8-16-13(18)12-5-7-21-10-12/h5,7,10-11H,4,6,8-9H2,1-3H3,(H,16,18)/t11-/m1/s1. The van der Waals surface area contributed by atoms with E-state index in [2.05, 4.69) is 5.32 Å². The molecule has 1 aromatic heterocycles. The molecule has 0 aliphatic carbocycles. The molecule has 1 N–H and O–H groups in total. The Morgan fingerprint density at radius 2 is 2.24 bits per heavy atom. The fourth-order valence-corrected chi connectivity index (χ4v) is 2.86. The molecule has 1 saturated heterocycles. The molecule has 0 saturated carbocycles. The first-order valence-corrected chi connectivity index (χ1v) is 8.08. The average molecular weight is 310 g/mol. The predicted octanol–water partition coefficient (Wildman–Crippen LogP) is 2.73. The van der Waals surface area contributed by atoms with Crippen LogP contribution in [0.15, 0.2) is 16.8 Å².